The summed E-state index contributed by atoms with van der Waals surface area (Å²) in [5.41, 5.74) is -1.48. The fourth-order valence-corrected chi connectivity index (χ4v) is 0.398. The predicted molar refractivity (Wildman–Crippen MR) is 28.1 cm³/mol. The highest BCUT2D eigenvalue weighted by molar-refractivity contribution is 7.86. The van der Waals surface area contributed by atoms with Crippen molar-refractivity contribution in [1.82, 2.24) is 0 Å². The smallest absolute Gasteiger partial charge is 0.292 e. The standard InChI is InChI=1S/C3H7FO4S/c1-3(8-2-4)9(5,6)7/h3H,2H2,1H3,(H,5,6,7). The lowest BCUT2D eigenvalue weighted by Crippen LogP contribution is -2.19. The van der Waals surface area contributed by atoms with E-state index in [9.17, 15) is 12.8 Å². The molecule has 56 valence electrons. The van der Waals surface area contributed by atoms with E-state index in [1.165, 1.54) is 0 Å². The molecule has 4 nitrogen and oxygen atoms in total. The first-order chi connectivity index (χ1) is 3.98. The van der Waals surface area contributed by atoms with Gasteiger partial charge >= 0.3 is 0 Å². The van der Waals surface area contributed by atoms with Crippen LogP contribution in [0.5, 0.6) is 0 Å². The number of alkyl halides is 1. The lowest BCUT2D eigenvalue weighted by Gasteiger charge is -2.04. The normalized spacial score (nSPS) is 15.4. The SMILES string of the molecule is CC(OCF)S(=O)(=O)O. The first kappa shape index (κ1) is 8.80. The van der Waals surface area contributed by atoms with Gasteiger partial charge in [0.25, 0.3) is 10.1 Å². The van der Waals surface area contributed by atoms with Crippen LogP contribution in [0.1, 0.15) is 6.92 Å². The molecule has 0 fully saturated rings. The van der Waals surface area contributed by atoms with Crippen LogP contribution in [-0.4, -0.2) is 25.3 Å². The van der Waals surface area contributed by atoms with Crippen LogP contribution in [0.2, 0.25) is 0 Å². The third-order valence-electron chi connectivity index (χ3n) is 0.717. The molecule has 9 heavy (non-hydrogen) atoms. The number of rotatable bonds is 3. The largest absolute Gasteiger partial charge is 0.329 e. The maximum atomic E-state index is 11.2. The summed E-state index contributed by atoms with van der Waals surface area (Å²) in [7, 11) is -4.23. The highest BCUT2D eigenvalue weighted by Gasteiger charge is 2.16. The first-order valence-electron chi connectivity index (χ1n) is 2.12. The molecule has 1 unspecified atom stereocenters. The van der Waals surface area contributed by atoms with Gasteiger partial charge in [0.05, 0.1) is 0 Å². The van der Waals surface area contributed by atoms with Crippen LogP contribution in [-0.2, 0) is 14.9 Å². The Labute approximate surface area is 52.4 Å². The van der Waals surface area contributed by atoms with Crippen LogP contribution in [0.4, 0.5) is 4.39 Å². The molecule has 0 saturated heterocycles. The predicted octanol–water partition coefficient (Wildman–Crippen LogP) is 0.164. The Hall–Kier alpha value is -0.200. The molecule has 0 aromatic heterocycles. The molecule has 0 aromatic carbocycles. The van der Waals surface area contributed by atoms with Crippen molar-refractivity contribution in [2.24, 2.45) is 0 Å². The molecule has 0 aliphatic heterocycles. The molecular formula is C3H7FO4S. The van der Waals surface area contributed by atoms with E-state index in [0.29, 0.717) is 0 Å². The number of hydrogen-bond donors (Lipinski definition) is 1. The molecule has 0 aromatic rings. The lowest BCUT2D eigenvalue weighted by atomic mass is 10.9. The quantitative estimate of drug-likeness (QED) is 0.594. The van der Waals surface area contributed by atoms with Crippen molar-refractivity contribution in [2.75, 3.05) is 6.86 Å². The Bertz CT molecular complexity index is 163. The van der Waals surface area contributed by atoms with Crippen LogP contribution < -0.4 is 0 Å². The minimum absolute atomic E-state index is 1.04. The van der Waals surface area contributed by atoms with Gasteiger partial charge in [-0.3, -0.25) is 4.55 Å². The minimum atomic E-state index is -4.23. The molecule has 0 radical (unpaired) electrons. The van der Waals surface area contributed by atoms with Crippen LogP contribution in [0, 0.1) is 0 Å². The summed E-state index contributed by atoms with van der Waals surface area (Å²) in [6.45, 7) is -0.185. The van der Waals surface area contributed by atoms with Gasteiger partial charge in [-0.05, 0) is 6.92 Å². The van der Waals surface area contributed by atoms with Gasteiger partial charge in [0.1, 0.15) is 0 Å². The van der Waals surface area contributed by atoms with Crippen LogP contribution in [0.3, 0.4) is 0 Å². The Kier molecular flexibility index (Phi) is 3.02. The Morgan fingerprint density at radius 1 is 1.78 bits per heavy atom. The minimum Gasteiger partial charge on any atom is -0.329 e. The highest BCUT2D eigenvalue weighted by atomic mass is 32.2. The monoisotopic (exact) mass is 158 g/mol. The van der Waals surface area contributed by atoms with Gasteiger partial charge in [-0.25, -0.2) is 4.39 Å². The van der Waals surface area contributed by atoms with Crippen molar-refractivity contribution < 1.29 is 22.1 Å². The zero-order chi connectivity index (χ0) is 7.49. The Morgan fingerprint density at radius 2 is 2.22 bits per heavy atom. The molecule has 1 atom stereocenters. The molecule has 0 aliphatic carbocycles. The summed E-state index contributed by atoms with van der Waals surface area (Å²) < 4.78 is 43.1. The fraction of sp³-hybridized carbons (Fsp3) is 1.00. The van der Waals surface area contributed by atoms with E-state index < -0.39 is 22.4 Å². The molecule has 0 heterocycles. The molecule has 0 amide bonds. The van der Waals surface area contributed by atoms with E-state index in [2.05, 4.69) is 4.74 Å². The van der Waals surface area contributed by atoms with Gasteiger partial charge in [0, 0.05) is 0 Å². The molecule has 0 spiro atoms. The number of hydrogen-bond acceptors (Lipinski definition) is 3. The molecule has 0 aliphatic rings. The second kappa shape index (κ2) is 3.09. The van der Waals surface area contributed by atoms with Crippen molar-refractivity contribution in [3.05, 3.63) is 0 Å². The number of halogens is 1. The summed E-state index contributed by atoms with van der Waals surface area (Å²) in [5, 5.41) is 0. The Morgan fingerprint density at radius 3 is 2.33 bits per heavy atom. The van der Waals surface area contributed by atoms with Gasteiger partial charge in [0.15, 0.2) is 12.3 Å². The summed E-state index contributed by atoms with van der Waals surface area (Å²) in [4.78, 5) is 0. The van der Waals surface area contributed by atoms with Gasteiger partial charge in [-0.1, -0.05) is 0 Å². The van der Waals surface area contributed by atoms with E-state index in [0.717, 1.165) is 6.92 Å². The van der Waals surface area contributed by atoms with Crippen LogP contribution in [0.15, 0.2) is 0 Å². The van der Waals surface area contributed by atoms with Crippen molar-refractivity contribution in [2.45, 2.75) is 12.4 Å². The zero-order valence-electron chi connectivity index (χ0n) is 4.74. The van der Waals surface area contributed by atoms with E-state index in [4.69, 9.17) is 4.55 Å². The average Bonchev–Trinajstić information content (AvgIpc) is 1.64. The summed E-state index contributed by atoms with van der Waals surface area (Å²) >= 11 is 0. The van der Waals surface area contributed by atoms with Gasteiger partial charge in [-0.2, -0.15) is 8.42 Å². The van der Waals surface area contributed by atoms with Crippen LogP contribution >= 0.6 is 0 Å². The maximum absolute atomic E-state index is 11.2. The molecular weight excluding hydrogens is 151 g/mol. The van der Waals surface area contributed by atoms with E-state index in [1.807, 2.05) is 0 Å². The first-order valence-corrected chi connectivity index (χ1v) is 3.62. The second-order valence-electron chi connectivity index (χ2n) is 1.36. The molecule has 6 heteroatoms. The van der Waals surface area contributed by atoms with Gasteiger partial charge < -0.3 is 4.74 Å². The number of ether oxygens (including phenoxy) is 1. The van der Waals surface area contributed by atoms with Gasteiger partial charge in [-0.15, -0.1) is 0 Å². The molecule has 0 saturated carbocycles. The van der Waals surface area contributed by atoms with E-state index in [1.54, 1.807) is 0 Å². The fourth-order valence-electron chi connectivity index (χ4n) is 0.175. The maximum Gasteiger partial charge on any atom is 0.292 e. The zero-order valence-corrected chi connectivity index (χ0v) is 5.56. The topological polar surface area (TPSA) is 63.6 Å². The van der Waals surface area contributed by atoms with Gasteiger partial charge in [0.2, 0.25) is 0 Å². The summed E-state index contributed by atoms with van der Waals surface area (Å²) in [6.07, 6.45) is 0. The van der Waals surface area contributed by atoms with Crippen molar-refractivity contribution in [1.29, 1.82) is 0 Å². The third kappa shape index (κ3) is 3.39. The highest BCUT2D eigenvalue weighted by Crippen LogP contribution is 1.98. The molecule has 0 rings (SSSR count). The lowest BCUT2D eigenvalue weighted by molar-refractivity contribution is 0.0404. The second-order valence-corrected chi connectivity index (χ2v) is 3.05. The van der Waals surface area contributed by atoms with Crippen LogP contribution in [0.25, 0.3) is 0 Å². The van der Waals surface area contributed by atoms with Crippen molar-refractivity contribution in [3.63, 3.8) is 0 Å². The van der Waals surface area contributed by atoms with E-state index in [-0.39, 0.29) is 0 Å². The summed E-state index contributed by atoms with van der Waals surface area (Å²) in [5.74, 6) is 0. The Balaban J connectivity index is 3.90. The van der Waals surface area contributed by atoms with Crippen molar-refractivity contribution in [3.8, 4) is 0 Å². The third-order valence-corrected chi connectivity index (χ3v) is 1.69. The van der Waals surface area contributed by atoms with E-state index >= 15 is 0 Å². The molecule has 0 bridgehead atoms. The van der Waals surface area contributed by atoms with Crippen molar-refractivity contribution >= 4 is 10.1 Å². The summed E-state index contributed by atoms with van der Waals surface area (Å²) in [6, 6.07) is 0. The molecule has 1 N–H and O–H groups in total. The average molecular weight is 158 g/mol.